The normalized spacial score (nSPS) is 20.1. The van der Waals surface area contributed by atoms with Crippen LogP contribution in [-0.2, 0) is 6.18 Å². The first kappa shape index (κ1) is 22.5. The minimum Gasteiger partial charge on any atom is -0.359 e. The minimum absolute atomic E-state index is 0.123. The standard InChI is InChI=1S/C18H19F6N5/c1-4-29(5-2)15(16(3)9-14(27-28-16)18(22,23)24)26-12-7-6-11(10-25)13(8-12)17(19,20)21/h6-8,28H,4-5,9H2,1-3H3/b26-15-. The number of aliphatic imine (C=N–C) groups is 1. The van der Waals surface area contributed by atoms with Gasteiger partial charge in [-0.2, -0.15) is 36.7 Å². The molecule has 0 amide bonds. The first-order valence-corrected chi connectivity index (χ1v) is 8.72. The second-order valence-corrected chi connectivity index (χ2v) is 6.62. The van der Waals surface area contributed by atoms with Crippen molar-refractivity contribution in [3.05, 3.63) is 29.3 Å². The Morgan fingerprint density at radius 3 is 2.28 bits per heavy atom. The van der Waals surface area contributed by atoms with E-state index in [1.165, 1.54) is 19.1 Å². The number of nitrogens with one attached hydrogen (secondary N) is 1. The minimum atomic E-state index is -4.77. The highest BCUT2D eigenvalue weighted by Crippen LogP contribution is 2.35. The van der Waals surface area contributed by atoms with Crippen molar-refractivity contribution in [1.29, 1.82) is 5.26 Å². The first-order chi connectivity index (χ1) is 13.4. The van der Waals surface area contributed by atoms with Crippen molar-refractivity contribution >= 4 is 17.2 Å². The lowest BCUT2D eigenvalue weighted by molar-refractivity contribution is -0.137. The maximum absolute atomic E-state index is 13.2. The number of alkyl halides is 6. The summed E-state index contributed by atoms with van der Waals surface area (Å²) in [6.45, 7) is 5.71. The monoisotopic (exact) mass is 419 g/mol. The third-order valence-electron chi connectivity index (χ3n) is 4.51. The Morgan fingerprint density at radius 2 is 1.83 bits per heavy atom. The molecule has 0 aromatic heterocycles. The van der Waals surface area contributed by atoms with Gasteiger partial charge in [-0.15, -0.1) is 0 Å². The van der Waals surface area contributed by atoms with Crippen LogP contribution >= 0.6 is 0 Å². The molecule has 158 valence electrons. The van der Waals surface area contributed by atoms with E-state index in [1.54, 1.807) is 18.7 Å². The third kappa shape index (κ3) is 4.81. The average Bonchev–Trinajstić information content (AvgIpc) is 3.04. The number of likely N-dealkylation sites (N-methyl/N-ethyl adjacent to an activating group) is 1. The average molecular weight is 419 g/mol. The second-order valence-electron chi connectivity index (χ2n) is 6.62. The fourth-order valence-corrected chi connectivity index (χ4v) is 3.02. The Morgan fingerprint density at radius 1 is 1.21 bits per heavy atom. The summed E-state index contributed by atoms with van der Waals surface area (Å²) >= 11 is 0. The van der Waals surface area contributed by atoms with Gasteiger partial charge >= 0.3 is 12.4 Å². The zero-order valence-electron chi connectivity index (χ0n) is 15.9. The predicted molar refractivity (Wildman–Crippen MR) is 95.8 cm³/mol. The van der Waals surface area contributed by atoms with Gasteiger partial charge in [-0.05, 0) is 39.0 Å². The quantitative estimate of drug-likeness (QED) is 0.440. The van der Waals surface area contributed by atoms with Crippen LogP contribution in [0.3, 0.4) is 0 Å². The van der Waals surface area contributed by atoms with Crippen LogP contribution in [0.25, 0.3) is 0 Å². The summed E-state index contributed by atoms with van der Waals surface area (Å²) in [6.07, 6.45) is -9.92. The van der Waals surface area contributed by atoms with Crippen molar-refractivity contribution in [2.24, 2.45) is 10.1 Å². The van der Waals surface area contributed by atoms with Gasteiger partial charge in [0.25, 0.3) is 0 Å². The van der Waals surface area contributed by atoms with Crippen LogP contribution in [0.15, 0.2) is 28.3 Å². The molecule has 0 saturated heterocycles. The number of nitriles is 1. The molecule has 1 unspecified atom stereocenters. The Balaban J connectivity index is 2.55. The van der Waals surface area contributed by atoms with Crippen LogP contribution in [0.4, 0.5) is 32.0 Å². The molecule has 1 heterocycles. The number of hydrogen-bond donors (Lipinski definition) is 1. The van der Waals surface area contributed by atoms with E-state index < -0.39 is 41.2 Å². The lowest BCUT2D eigenvalue weighted by Crippen LogP contribution is -2.53. The maximum Gasteiger partial charge on any atom is 0.431 e. The molecule has 1 aliphatic rings. The number of rotatable bonds is 4. The van der Waals surface area contributed by atoms with Crippen molar-refractivity contribution in [2.75, 3.05) is 13.1 Å². The molecular weight excluding hydrogens is 400 g/mol. The second kappa shape index (κ2) is 7.93. The zero-order valence-corrected chi connectivity index (χ0v) is 15.9. The number of halogens is 6. The summed E-state index contributed by atoms with van der Waals surface area (Å²) in [5.41, 5.74) is -1.77. The molecule has 29 heavy (non-hydrogen) atoms. The molecule has 1 N–H and O–H groups in total. The van der Waals surface area contributed by atoms with E-state index in [0.29, 0.717) is 19.2 Å². The first-order valence-electron chi connectivity index (χ1n) is 8.72. The summed E-state index contributed by atoms with van der Waals surface area (Å²) in [5.74, 6) is 0.128. The van der Waals surface area contributed by atoms with Crippen molar-refractivity contribution < 1.29 is 26.3 Å². The fraction of sp³-hybridized carbons (Fsp3) is 0.500. The van der Waals surface area contributed by atoms with E-state index in [0.717, 1.165) is 6.07 Å². The molecule has 1 atom stereocenters. The number of amidine groups is 1. The van der Waals surface area contributed by atoms with Crippen molar-refractivity contribution in [1.82, 2.24) is 10.3 Å². The predicted octanol–water partition coefficient (Wildman–Crippen LogP) is 4.62. The largest absolute Gasteiger partial charge is 0.431 e. The highest BCUT2D eigenvalue weighted by atomic mass is 19.4. The Labute approximate surface area is 163 Å². The molecule has 11 heteroatoms. The van der Waals surface area contributed by atoms with Gasteiger partial charge in [0.1, 0.15) is 17.1 Å². The van der Waals surface area contributed by atoms with Gasteiger partial charge in [-0.25, -0.2) is 4.99 Å². The topological polar surface area (TPSA) is 63.8 Å². The fourth-order valence-electron chi connectivity index (χ4n) is 3.02. The Bertz CT molecular complexity index is 861. The van der Waals surface area contributed by atoms with Gasteiger partial charge in [0.2, 0.25) is 0 Å². The Hall–Kier alpha value is -2.77. The molecule has 2 rings (SSSR count). The van der Waals surface area contributed by atoms with Crippen molar-refractivity contribution in [2.45, 2.75) is 45.1 Å². The van der Waals surface area contributed by atoms with Crippen LogP contribution in [0.1, 0.15) is 38.3 Å². The van der Waals surface area contributed by atoms with Gasteiger partial charge in [-0.1, -0.05) is 0 Å². The lowest BCUT2D eigenvalue weighted by Gasteiger charge is -2.34. The lowest BCUT2D eigenvalue weighted by atomic mass is 9.94. The van der Waals surface area contributed by atoms with Crippen molar-refractivity contribution in [3.63, 3.8) is 0 Å². The van der Waals surface area contributed by atoms with Crippen LogP contribution in [0, 0.1) is 11.3 Å². The SMILES string of the molecule is CCN(CC)/C(=N\c1ccc(C#N)c(C(F)(F)F)c1)C1(C)CC(C(F)(F)F)=NN1. The molecule has 0 aliphatic carbocycles. The van der Waals surface area contributed by atoms with Crippen molar-refractivity contribution in [3.8, 4) is 6.07 Å². The third-order valence-corrected chi connectivity index (χ3v) is 4.51. The van der Waals surface area contributed by atoms with Gasteiger partial charge < -0.3 is 4.90 Å². The zero-order chi connectivity index (χ0) is 22.0. The Kier molecular flexibility index (Phi) is 6.15. The molecular formula is C18H19F6N5. The summed E-state index contributed by atoms with van der Waals surface area (Å²) in [7, 11) is 0. The summed E-state index contributed by atoms with van der Waals surface area (Å²) in [5, 5.41) is 12.3. The molecule has 1 aromatic rings. The number of nitrogens with zero attached hydrogens (tertiary/aromatic N) is 4. The molecule has 0 radical (unpaired) electrons. The van der Waals surface area contributed by atoms with E-state index >= 15 is 0 Å². The molecule has 1 aliphatic heterocycles. The summed E-state index contributed by atoms with van der Waals surface area (Å²) < 4.78 is 78.9. The van der Waals surface area contributed by atoms with Crippen LogP contribution in [0.5, 0.6) is 0 Å². The van der Waals surface area contributed by atoms with Crippen LogP contribution < -0.4 is 5.43 Å². The van der Waals surface area contributed by atoms with Gasteiger partial charge in [0.15, 0.2) is 0 Å². The van der Waals surface area contributed by atoms with Crippen LogP contribution in [-0.4, -0.2) is 41.3 Å². The maximum atomic E-state index is 13.2. The van der Waals surface area contributed by atoms with E-state index in [4.69, 9.17) is 5.26 Å². The summed E-state index contributed by atoms with van der Waals surface area (Å²) in [4.78, 5) is 5.90. The molecule has 0 bridgehead atoms. The van der Waals surface area contributed by atoms with E-state index in [-0.39, 0.29) is 11.5 Å². The number of hydrazone groups is 1. The summed E-state index contributed by atoms with van der Waals surface area (Å²) in [6, 6.07) is 4.41. The molecule has 0 spiro atoms. The smallest absolute Gasteiger partial charge is 0.359 e. The van der Waals surface area contributed by atoms with Gasteiger partial charge in [0, 0.05) is 19.5 Å². The highest BCUT2D eigenvalue weighted by molar-refractivity contribution is 6.02. The molecule has 0 fully saturated rings. The van der Waals surface area contributed by atoms with E-state index in [1.807, 2.05) is 0 Å². The molecule has 1 aromatic carbocycles. The van der Waals surface area contributed by atoms with Gasteiger partial charge in [0.05, 0.1) is 22.9 Å². The molecule has 5 nitrogen and oxygen atoms in total. The number of benzene rings is 1. The van der Waals surface area contributed by atoms with Crippen LogP contribution in [0.2, 0.25) is 0 Å². The molecule has 0 saturated carbocycles. The highest BCUT2D eigenvalue weighted by Gasteiger charge is 2.48. The van der Waals surface area contributed by atoms with E-state index in [2.05, 4.69) is 15.5 Å². The number of hydrogen-bond acceptors (Lipinski definition) is 4. The van der Waals surface area contributed by atoms with E-state index in [9.17, 15) is 26.3 Å². The van der Waals surface area contributed by atoms with Gasteiger partial charge in [-0.3, -0.25) is 5.43 Å².